The van der Waals surface area contributed by atoms with Gasteiger partial charge in [0, 0.05) is 23.1 Å². The predicted molar refractivity (Wildman–Crippen MR) is 88.7 cm³/mol. The molecule has 0 aliphatic heterocycles. The summed E-state index contributed by atoms with van der Waals surface area (Å²) in [6.07, 6.45) is 3.73. The number of aryl methyl sites for hydroxylation is 1. The van der Waals surface area contributed by atoms with Crippen molar-refractivity contribution in [2.24, 2.45) is 0 Å². The van der Waals surface area contributed by atoms with Gasteiger partial charge in [0.25, 0.3) is 0 Å². The highest BCUT2D eigenvalue weighted by Gasteiger charge is 2.09. The highest BCUT2D eigenvalue weighted by atomic mass is 35.5. The number of halogens is 2. The van der Waals surface area contributed by atoms with Gasteiger partial charge in [-0.1, -0.05) is 29.3 Å². The minimum Gasteiger partial charge on any atom is -0.326 e. The van der Waals surface area contributed by atoms with Crippen LogP contribution in [0.25, 0.3) is 5.65 Å². The zero-order valence-electron chi connectivity index (χ0n) is 11.8. The van der Waals surface area contributed by atoms with Gasteiger partial charge in [0.2, 0.25) is 5.91 Å². The van der Waals surface area contributed by atoms with Crippen molar-refractivity contribution in [2.75, 3.05) is 5.32 Å². The van der Waals surface area contributed by atoms with E-state index < -0.39 is 0 Å². The molecule has 0 spiro atoms. The molecular weight excluding hydrogens is 321 g/mol. The smallest absolute Gasteiger partial charge is 0.230 e. The van der Waals surface area contributed by atoms with Crippen molar-refractivity contribution in [3.8, 4) is 0 Å². The maximum absolute atomic E-state index is 12.1. The normalized spacial score (nSPS) is 10.9. The summed E-state index contributed by atoms with van der Waals surface area (Å²) in [4.78, 5) is 16.5. The second kappa shape index (κ2) is 5.99. The van der Waals surface area contributed by atoms with Crippen molar-refractivity contribution in [3.63, 3.8) is 0 Å². The molecule has 1 aromatic carbocycles. The first kappa shape index (κ1) is 14.9. The molecule has 22 heavy (non-hydrogen) atoms. The number of pyridine rings is 1. The molecule has 0 saturated heterocycles. The van der Waals surface area contributed by atoms with Crippen LogP contribution in [0.5, 0.6) is 0 Å². The molecule has 0 saturated carbocycles. The number of nitrogens with zero attached hydrogens (tertiary/aromatic N) is 2. The number of rotatable bonds is 3. The summed E-state index contributed by atoms with van der Waals surface area (Å²) >= 11 is 12.0. The summed E-state index contributed by atoms with van der Waals surface area (Å²) in [6.45, 7) is 1.91. The Kier molecular flexibility index (Phi) is 4.05. The quantitative estimate of drug-likeness (QED) is 0.783. The van der Waals surface area contributed by atoms with Crippen LogP contribution >= 0.6 is 23.2 Å². The second-order valence-corrected chi connectivity index (χ2v) is 5.88. The summed E-state index contributed by atoms with van der Waals surface area (Å²) in [5, 5.41) is 4.06. The molecule has 0 fully saturated rings. The molecule has 2 aromatic heterocycles. The Morgan fingerprint density at radius 2 is 2.05 bits per heavy atom. The van der Waals surface area contributed by atoms with E-state index in [9.17, 15) is 4.79 Å². The minimum absolute atomic E-state index is 0.144. The van der Waals surface area contributed by atoms with Gasteiger partial charge in [-0.25, -0.2) is 4.98 Å². The van der Waals surface area contributed by atoms with E-state index in [-0.39, 0.29) is 12.3 Å². The lowest BCUT2D eigenvalue weighted by atomic mass is 10.2. The summed E-state index contributed by atoms with van der Waals surface area (Å²) in [6, 6.07) is 9.00. The Bertz CT molecular complexity index is 858. The van der Waals surface area contributed by atoms with E-state index in [4.69, 9.17) is 23.2 Å². The number of fused-ring (bicyclic) bond motifs is 1. The van der Waals surface area contributed by atoms with Crippen molar-refractivity contribution in [1.29, 1.82) is 0 Å². The first-order valence-electron chi connectivity index (χ1n) is 6.70. The zero-order chi connectivity index (χ0) is 15.7. The second-order valence-electron chi connectivity index (χ2n) is 5.03. The van der Waals surface area contributed by atoms with Gasteiger partial charge >= 0.3 is 0 Å². The number of amides is 1. The molecule has 1 amide bonds. The Morgan fingerprint density at radius 1 is 1.23 bits per heavy atom. The molecule has 3 aromatic rings. The fraction of sp³-hybridized carbons (Fsp3) is 0.125. The summed E-state index contributed by atoms with van der Waals surface area (Å²) in [5.41, 5.74) is 3.08. The van der Waals surface area contributed by atoms with E-state index in [1.165, 1.54) is 0 Å². The van der Waals surface area contributed by atoms with Crippen LogP contribution in [-0.4, -0.2) is 15.3 Å². The van der Waals surface area contributed by atoms with E-state index in [1.54, 1.807) is 28.9 Å². The maximum atomic E-state index is 12.1. The number of aromatic nitrogens is 2. The summed E-state index contributed by atoms with van der Waals surface area (Å²) in [5.74, 6) is -0.144. The Balaban J connectivity index is 1.73. The fourth-order valence-electron chi connectivity index (χ4n) is 2.14. The number of carbonyl (C=O) groups excluding carboxylic acids is 1. The molecule has 1 N–H and O–H groups in total. The van der Waals surface area contributed by atoms with Crippen LogP contribution in [0.3, 0.4) is 0 Å². The van der Waals surface area contributed by atoms with Gasteiger partial charge in [-0.05, 0) is 36.8 Å². The molecule has 112 valence electrons. The average Bonchev–Trinajstić information content (AvgIpc) is 2.84. The van der Waals surface area contributed by atoms with E-state index in [0.29, 0.717) is 21.4 Å². The minimum atomic E-state index is -0.144. The van der Waals surface area contributed by atoms with E-state index in [1.807, 2.05) is 25.1 Å². The van der Waals surface area contributed by atoms with Crippen LogP contribution in [0.15, 0.2) is 42.7 Å². The molecule has 3 rings (SSSR count). The first-order chi connectivity index (χ1) is 10.5. The third-order valence-corrected chi connectivity index (χ3v) is 3.89. The van der Waals surface area contributed by atoms with E-state index in [2.05, 4.69) is 10.3 Å². The number of hydrogen-bond acceptors (Lipinski definition) is 2. The van der Waals surface area contributed by atoms with Crippen molar-refractivity contribution >= 4 is 40.4 Å². The molecule has 6 heteroatoms. The zero-order valence-corrected chi connectivity index (χ0v) is 13.3. The lowest BCUT2D eigenvalue weighted by molar-refractivity contribution is -0.115. The maximum Gasteiger partial charge on any atom is 0.230 e. The summed E-state index contributed by atoms with van der Waals surface area (Å²) < 4.78 is 1.80. The van der Waals surface area contributed by atoms with E-state index >= 15 is 0 Å². The molecule has 2 heterocycles. The van der Waals surface area contributed by atoms with Crippen molar-refractivity contribution in [3.05, 3.63) is 64.0 Å². The average molecular weight is 334 g/mol. The number of carbonyl (C=O) groups is 1. The SMILES string of the molecule is Cc1ccc(NC(=O)Cc2cn3cc(Cl)ccc3n2)cc1Cl. The number of benzene rings is 1. The van der Waals surface area contributed by atoms with Crippen LogP contribution in [0, 0.1) is 6.92 Å². The Hall–Kier alpha value is -2.04. The molecule has 0 aliphatic carbocycles. The van der Waals surface area contributed by atoms with Crippen LogP contribution in [0.1, 0.15) is 11.3 Å². The third-order valence-electron chi connectivity index (χ3n) is 3.26. The van der Waals surface area contributed by atoms with E-state index in [0.717, 1.165) is 11.2 Å². The number of anilines is 1. The van der Waals surface area contributed by atoms with Gasteiger partial charge in [0.15, 0.2) is 0 Å². The Morgan fingerprint density at radius 3 is 2.82 bits per heavy atom. The molecule has 0 aliphatic rings. The van der Waals surface area contributed by atoms with Crippen LogP contribution < -0.4 is 5.32 Å². The number of nitrogens with one attached hydrogen (secondary N) is 1. The molecule has 0 bridgehead atoms. The number of hydrogen-bond donors (Lipinski definition) is 1. The largest absolute Gasteiger partial charge is 0.326 e. The lowest BCUT2D eigenvalue weighted by Crippen LogP contribution is -2.14. The van der Waals surface area contributed by atoms with Gasteiger partial charge in [-0.15, -0.1) is 0 Å². The highest BCUT2D eigenvalue weighted by molar-refractivity contribution is 6.31. The Labute approximate surface area is 137 Å². The predicted octanol–water partition coefficient (Wildman–Crippen LogP) is 4.13. The van der Waals surface area contributed by atoms with Crippen molar-refractivity contribution in [2.45, 2.75) is 13.3 Å². The van der Waals surface area contributed by atoms with Crippen LogP contribution in [0.4, 0.5) is 5.69 Å². The first-order valence-corrected chi connectivity index (χ1v) is 7.46. The molecule has 0 atom stereocenters. The van der Waals surface area contributed by atoms with Gasteiger partial charge < -0.3 is 9.72 Å². The monoisotopic (exact) mass is 333 g/mol. The van der Waals surface area contributed by atoms with Gasteiger partial charge in [0.05, 0.1) is 17.1 Å². The van der Waals surface area contributed by atoms with Gasteiger partial charge in [-0.3, -0.25) is 4.79 Å². The molecule has 0 unspecified atom stereocenters. The van der Waals surface area contributed by atoms with Crippen LogP contribution in [-0.2, 0) is 11.2 Å². The summed E-state index contributed by atoms with van der Waals surface area (Å²) in [7, 11) is 0. The van der Waals surface area contributed by atoms with Crippen LogP contribution in [0.2, 0.25) is 10.0 Å². The third kappa shape index (κ3) is 3.24. The van der Waals surface area contributed by atoms with Crippen molar-refractivity contribution in [1.82, 2.24) is 9.38 Å². The van der Waals surface area contributed by atoms with Crippen molar-refractivity contribution < 1.29 is 4.79 Å². The molecular formula is C16H13Cl2N3O. The fourth-order valence-corrected chi connectivity index (χ4v) is 2.49. The topological polar surface area (TPSA) is 46.4 Å². The number of imidazole rings is 1. The highest BCUT2D eigenvalue weighted by Crippen LogP contribution is 2.20. The standard InChI is InChI=1S/C16H13Cl2N3O/c1-10-2-4-12(6-14(10)18)20-16(22)7-13-9-21-8-11(17)3-5-15(21)19-13/h2-6,8-9H,7H2,1H3,(H,20,22). The lowest BCUT2D eigenvalue weighted by Gasteiger charge is -2.05. The molecule has 4 nitrogen and oxygen atoms in total. The van der Waals surface area contributed by atoms with Gasteiger partial charge in [-0.2, -0.15) is 0 Å². The van der Waals surface area contributed by atoms with Gasteiger partial charge in [0.1, 0.15) is 5.65 Å². The molecule has 0 radical (unpaired) electrons.